The number of fused-ring (bicyclic) bond motifs is 2. The number of benzene rings is 1. The smallest absolute Gasteiger partial charge is 0.333 e. The lowest BCUT2D eigenvalue weighted by Crippen LogP contribution is -2.41. The second kappa shape index (κ2) is 10.7. The first-order valence-electron chi connectivity index (χ1n) is 11.9. The van der Waals surface area contributed by atoms with Crippen molar-refractivity contribution in [1.29, 1.82) is 0 Å². The van der Waals surface area contributed by atoms with Gasteiger partial charge in [-0.2, -0.15) is 18.4 Å². The largest absolute Gasteiger partial charge is 0.456 e. The Hall–Kier alpha value is -3.37. The van der Waals surface area contributed by atoms with Crippen molar-refractivity contribution in [1.82, 2.24) is 19.5 Å². The molecule has 3 N–H and O–H groups in total. The van der Waals surface area contributed by atoms with Gasteiger partial charge in [0.2, 0.25) is 5.28 Å². The molecule has 0 radical (unpaired) electrons. The van der Waals surface area contributed by atoms with Crippen LogP contribution in [0.15, 0.2) is 30.6 Å². The average molecular weight is 581 g/mol. The van der Waals surface area contributed by atoms with Gasteiger partial charge >= 0.3 is 22.2 Å². The SMILES string of the molecule is CC(=O)OC1[C@H](n2cnc3c(N[C@H]4CCc5ccccc54)nc(Cl)nc32)O[C@H](COS(N)(=O)=O)[C@H]1OC(C)=O. The molecule has 14 nitrogen and oxygen atoms in total. The van der Waals surface area contributed by atoms with Crippen LogP contribution in [0.4, 0.5) is 5.82 Å². The molecular weight excluding hydrogens is 556 g/mol. The molecule has 1 unspecified atom stereocenters. The van der Waals surface area contributed by atoms with E-state index in [9.17, 15) is 18.0 Å². The monoisotopic (exact) mass is 580 g/mol. The van der Waals surface area contributed by atoms with E-state index in [1.165, 1.54) is 23.4 Å². The number of halogens is 1. The van der Waals surface area contributed by atoms with Crippen LogP contribution < -0.4 is 10.5 Å². The Bertz CT molecular complexity index is 1530. The van der Waals surface area contributed by atoms with E-state index < -0.39 is 53.4 Å². The Labute approximate surface area is 228 Å². The molecule has 16 heteroatoms. The van der Waals surface area contributed by atoms with E-state index in [2.05, 4.69) is 30.5 Å². The standard InChI is InChI=1S/C23H25ClN6O8S/c1-11(31)36-18-16(9-35-39(25,33)34)38-22(19(18)37-12(2)32)30-10-26-17-20(28-23(24)29-21(17)30)27-15-8-7-13-5-3-4-6-14(13)15/h3-6,10,15-16,18-19,22H,7-9H2,1-2H3,(H2,25,33,34)(H,27,28,29)/t15-,16+,18+,19?,22+/m0/s1. The average Bonchev–Trinajstić information content (AvgIpc) is 3.53. The molecule has 1 fully saturated rings. The number of carbonyl (C=O) groups excluding carboxylic acids is 2. The highest BCUT2D eigenvalue weighted by atomic mass is 35.5. The Morgan fingerprint density at radius 3 is 2.62 bits per heavy atom. The zero-order valence-electron chi connectivity index (χ0n) is 20.8. The van der Waals surface area contributed by atoms with Crippen molar-refractivity contribution in [2.75, 3.05) is 11.9 Å². The van der Waals surface area contributed by atoms with Gasteiger partial charge in [0.25, 0.3) is 0 Å². The summed E-state index contributed by atoms with van der Waals surface area (Å²) in [6, 6.07) is 8.07. The molecule has 1 aliphatic carbocycles. The fraction of sp³-hybridized carbons (Fsp3) is 0.435. The summed E-state index contributed by atoms with van der Waals surface area (Å²) in [5, 5.41) is 8.28. The normalized spacial score (nSPS) is 24.5. The number of hydrogen-bond donors (Lipinski definition) is 2. The molecular formula is C23H25ClN6O8S. The van der Waals surface area contributed by atoms with E-state index in [4.69, 9.17) is 31.0 Å². The Balaban J connectivity index is 1.51. The van der Waals surface area contributed by atoms with Crippen molar-refractivity contribution in [2.24, 2.45) is 5.14 Å². The lowest BCUT2D eigenvalue weighted by Gasteiger charge is -2.23. The second-order valence-electron chi connectivity index (χ2n) is 9.09. The topological polar surface area (TPSA) is 187 Å². The number of nitrogens with two attached hydrogens (primary N) is 1. The number of ether oxygens (including phenoxy) is 3. The van der Waals surface area contributed by atoms with E-state index >= 15 is 0 Å². The summed E-state index contributed by atoms with van der Waals surface area (Å²) < 4.78 is 45.8. The number of hydrogen-bond acceptors (Lipinski definition) is 12. The predicted molar refractivity (Wildman–Crippen MR) is 136 cm³/mol. The lowest BCUT2D eigenvalue weighted by molar-refractivity contribution is -0.165. The maximum absolute atomic E-state index is 12.0. The van der Waals surface area contributed by atoms with Gasteiger partial charge in [0.1, 0.15) is 6.10 Å². The highest BCUT2D eigenvalue weighted by Crippen LogP contribution is 2.38. The highest BCUT2D eigenvalue weighted by Gasteiger charge is 2.51. The van der Waals surface area contributed by atoms with Crippen LogP contribution in [-0.2, 0) is 44.7 Å². The third-order valence-electron chi connectivity index (χ3n) is 6.40. The minimum Gasteiger partial charge on any atom is -0.456 e. The number of imidazole rings is 1. The van der Waals surface area contributed by atoms with Crippen molar-refractivity contribution >= 4 is 50.8 Å². The molecule has 0 amide bonds. The third-order valence-corrected chi connectivity index (χ3v) is 7.03. The molecule has 0 saturated carbocycles. The molecule has 208 valence electrons. The summed E-state index contributed by atoms with van der Waals surface area (Å²) in [6.07, 6.45) is -1.64. The Morgan fingerprint density at radius 1 is 1.18 bits per heavy atom. The molecule has 5 atom stereocenters. The zero-order chi connectivity index (χ0) is 27.9. The van der Waals surface area contributed by atoms with Crippen LogP contribution in [0.2, 0.25) is 5.28 Å². The minimum atomic E-state index is -4.35. The molecule has 0 bridgehead atoms. The highest BCUT2D eigenvalue weighted by molar-refractivity contribution is 7.84. The van der Waals surface area contributed by atoms with Crippen LogP contribution in [0, 0.1) is 0 Å². The number of anilines is 1. The van der Waals surface area contributed by atoms with Gasteiger partial charge in [0.15, 0.2) is 35.4 Å². The van der Waals surface area contributed by atoms with Crippen LogP contribution >= 0.6 is 11.6 Å². The van der Waals surface area contributed by atoms with Crippen LogP contribution in [0.3, 0.4) is 0 Å². The van der Waals surface area contributed by atoms with Gasteiger partial charge in [-0.1, -0.05) is 24.3 Å². The van der Waals surface area contributed by atoms with Crippen LogP contribution in [0.1, 0.15) is 43.7 Å². The first-order valence-corrected chi connectivity index (χ1v) is 13.8. The summed E-state index contributed by atoms with van der Waals surface area (Å²) in [6.45, 7) is 1.71. The number of rotatable bonds is 8. The molecule has 2 aliphatic rings. The third kappa shape index (κ3) is 5.81. The quantitative estimate of drug-likeness (QED) is 0.289. The van der Waals surface area contributed by atoms with Crippen molar-refractivity contribution in [3.63, 3.8) is 0 Å². The lowest BCUT2D eigenvalue weighted by atomic mass is 10.1. The van der Waals surface area contributed by atoms with Crippen molar-refractivity contribution in [2.45, 2.75) is 57.3 Å². The van der Waals surface area contributed by atoms with Crippen molar-refractivity contribution in [3.8, 4) is 0 Å². The molecule has 39 heavy (non-hydrogen) atoms. The number of carbonyl (C=O) groups is 2. The summed E-state index contributed by atoms with van der Waals surface area (Å²) in [4.78, 5) is 37.0. The number of aromatic nitrogens is 4. The van der Waals surface area contributed by atoms with Gasteiger partial charge < -0.3 is 19.5 Å². The van der Waals surface area contributed by atoms with Crippen molar-refractivity contribution < 1.29 is 36.4 Å². The van der Waals surface area contributed by atoms with Gasteiger partial charge in [0.05, 0.1) is 19.0 Å². The first-order chi connectivity index (χ1) is 18.5. The molecule has 1 aliphatic heterocycles. The maximum Gasteiger partial charge on any atom is 0.333 e. The van der Waals surface area contributed by atoms with Gasteiger partial charge in [-0.25, -0.2) is 10.1 Å². The molecule has 1 saturated heterocycles. The Morgan fingerprint density at radius 2 is 1.90 bits per heavy atom. The van der Waals surface area contributed by atoms with Gasteiger partial charge in [-0.05, 0) is 35.6 Å². The molecule has 1 aromatic carbocycles. The van der Waals surface area contributed by atoms with E-state index in [-0.39, 0.29) is 17.0 Å². The molecule has 5 rings (SSSR count). The fourth-order valence-corrected chi connectivity index (χ4v) is 5.42. The van der Waals surface area contributed by atoms with Crippen LogP contribution in [-0.4, -0.2) is 64.8 Å². The summed E-state index contributed by atoms with van der Waals surface area (Å²) in [7, 11) is -4.35. The number of aryl methyl sites for hydroxylation is 1. The van der Waals surface area contributed by atoms with Gasteiger partial charge in [0, 0.05) is 13.8 Å². The van der Waals surface area contributed by atoms with E-state index in [1.807, 2.05) is 18.2 Å². The van der Waals surface area contributed by atoms with Crippen molar-refractivity contribution in [3.05, 3.63) is 47.0 Å². The van der Waals surface area contributed by atoms with Gasteiger partial charge in [-0.15, -0.1) is 0 Å². The van der Waals surface area contributed by atoms with Gasteiger partial charge in [-0.3, -0.25) is 18.3 Å². The van der Waals surface area contributed by atoms with E-state index in [0.29, 0.717) is 11.3 Å². The number of nitrogens with one attached hydrogen (secondary N) is 1. The number of esters is 2. The first kappa shape index (κ1) is 27.2. The molecule has 3 aromatic rings. The molecule has 3 heterocycles. The van der Waals surface area contributed by atoms with Crippen LogP contribution in [0.5, 0.6) is 0 Å². The summed E-state index contributed by atoms with van der Waals surface area (Å²) in [5.41, 5.74) is 2.99. The Kier molecular flexibility index (Phi) is 7.43. The zero-order valence-corrected chi connectivity index (χ0v) is 22.4. The summed E-state index contributed by atoms with van der Waals surface area (Å²) >= 11 is 6.29. The van der Waals surface area contributed by atoms with E-state index in [0.717, 1.165) is 25.3 Å². The van der Waals surface area contributed by atoms with E-state index in [1.54, 1.807) is 0 Å². The summed E-state index contributed by atoms with van der Waals surface area (Å²) in [5.74, 6) is -1.03. The fourth-order valence-electron chi connectivity index (χ4n) is 4.93. The minimum absolute atomic E-state index is 0.0230. The second-order valence-corrected chi connectivity index (χ2v) is 10.6. The maximum atomic E-state index is 12.0. The van der Waals surface area contributed by atoms with Crippen LogP contribution in [0.25, 0.3) is 11.2 Å². The molecule has 0 spiro atoms. The number of nitrogens with zero attached hydrogens (tertiary/aromatic N) is 4. The molecule has 2 aromatic heterocycles. The predicted octanol–water partition coefficient (Wildman–Crippen LogP) is 1.56.